The van der Waals surface area contributed by atoms with Gasteiger partial charge < -0.3 is 24.1 Å². The normalized spacial score (nSPS) is 32.1. The van der Waals surface area contributed by atoms with E-state index in [1.165, 1.54) is 20.8 Å². The highest BCUT2D eigenvalue weighted by molar-refractivity contribution is 5.67. The summed E-state index contributed by atoms with van der Waals surface area (Å²) in [5.41, 5.74) is 0. The molecule has 1 N–H and O–H groups in total. The molecule has 0 radical (unpaired) electrons. The van der Waals surface area contributed by atoms with E-state index in [0.29, 0.717) is 0 Å². The Morgan fingerprint density at radius 3 is 2.00 bits per heavy atom. The van der Waals surface area contributed by atoms with E-state index in [1.54, 1.807) is 6.92 Å². The van der Waals surface area contributed by atoms with Crippen molar-refractivity contribution < 1.29 is 38.4 Å². The number of carbonyl (C=O) groups excluding carboxylic acids is 3. The molecular weight excluding hydrogens is 284 g/mol. The van der Waals surface area contributed by atoms with Crippen molar-refractivity contribution in [3.63, 3.8) is 0 Å². The van der Waals surface area contributed by atoms with Crippen molar-refractivity contribution in [3.8, 4) is 0 Å². The summed E-state index contributed by atoms with van der Waals surface area (Å²) in [6.07, 6.45) is -4.82. The van der Waals surface area contributed by atoms with Gasteiger partial charge in [0.1, 0.15) is 18.8 Å². The van der Waals surface area contributed by atoms with Crippen LogP contribution < -0.4 is 0 Å². The fraction of sp³-hybridized carbons (Fsp3) is 0.769. The number of carbonyl (C=O) groups is 3. The Morgan fingerprint density at radius 1 is 1.00 bits per heavy atom. The van der Waals surface area contributed by atoms with Crippen LogP contribution in [0.2, 0.25) is 0 Å². The molecule has 1 heterocycles. The van der Waals surface area contributed by atoms with Crippen LogP contribution in [0.15, 0.2) is 0 Å². The van der Waals surface area contributed by atoms with Crippen molar-refractivity contribution >= 4 is 17.9 Å². The molecule has 21 heavy (non-hydrogen) atoms. The lowest BCUT2D eigenvalue weighted by molar-refractivity contribution is -0.243. The number of ether oxygens (including phenoxy) is 4. The number of hydrogen-bond donors (Lipinski definition) is 1. The maximum Gasteiger partial charge on any atom is 0.303 e. The lowest BCUT2D eigenvalue weighted by Crippen LogP contribution is -2.60. The fourth-order valence-electron chi connectivity index (χ4n) is 2.14. The van der Waals surface area contributed by atoms with E-state index < -0.39 is 48.4 Å². The highest BCUT2D eigenvalue weighted by Crippen LogP contribution is 2.26. The van der Waals surface area contributed by atoms with Crippen LogP contribution in [0, 0.1) is 0 Å². The average Bonchev–Trinajstić information content (AvgIpc) is 2.35. The van der Waals surface area contributed by atoms with E-state index in [9.17, 15) is 19.5 Å². The molecule has 0 aromatic carbocycles. The SMILES string of the molecule is CC(=O)OCC1OC(C)C(OC(C)=O)C(O)C1OC(C)=O. The molecule has 0 aromatic rings. The van der Waals surface area contributed by atoms with Crippen molar-refractivity contribution in [2.75, 3.05) is 6.61 Å². The highest BCUT2D eigenvalue weighted by Gasteiger charge is 2.47. The van der Waals surface area contributed by atoms with Gasteiger partial charge in [-0.3, -0.25) is 14.4 Å². The summed E-state index contributed by atoms with van der Waals surface area (Å²) in [6.45, 7) is 5.02. The predicted molar refractivity (Wildman–Crippen MR) is 68.1 cm³/mol. The molecule has 1 aliphatic rings. The number of hydrogen-bond acceptors (Lipinski definition) is 8. The monoisotopic (exact) mass is 304 g/mol. The van der Waals surface area contributed by atoms with Crippen molar-refractivity contribution in [3.05, 3.63) is 0 Å². The quantitative estimate of drug-likeness (QED) is 0.550. The minimum atomic E-state index is -1.28. The summed E-state index contributed by atoms with van der Waals surface area (Å²) in [5, 5.41) is 10.3. The van der Waals surface area contributed by atoms with Crippen LogP contribution >= 0.6 is 0 Å². The van der Waals surface area contributed by atoms with E-state index in [1.807, 2.05) is 0 Å². The zero-order valence-corrected chi connectivity index (χ0v) is 12.4. The van der Waals surface area contributed by atoms with Crippen LogP contribution in [0.4, 0.5) is 0 Å². The van der Waals surface area contributed by atoms with Crippen molar-refractivity contribution in [2.24, 2.45) is 0 Å². The first-order valence-corrected chi connectivity index (χ1v) is 6.53. The summed E-state index contributed by atoms with van der Waals surface area (Å²) >= 11 is 0. The van der Waals surface area contributed by atoms with Crippen molar-refractivity contribution in [1.29, 1.82) is 0 Å². The number of aliphatic hydroxyl groups is 1. The molecule has 1 saturated heterocycles. The average molecular weight is 304 g/mol. The van der Waals surface area contributed by atoms with E-state index in [0.717, 1.165) is 0 Å². The Kier molecular flexibility index (Phi) is 6.10. The minimum absolute atomic E-state index is 0.179. The first-order valence-electron chi connectivity index (χ1n) is 6.53. The molecule has 8 nitrogen and oxygen atoms in total. The van der Waals surface area contributed by atoms with Crippen molar-refractivity contribution in [1.82, 2.24) is 0 Å². The molecule has 120 valence electrons. The molecule has 1 rings (SSSR count). The van der Waals surface area contributed by atoms with Gasteiger partial charge in [-0.15, -0.1) is 0 Å². The fourth-order valence-corrected chi connectivity index (χ4v) is 2.14. The van der Waals surface area contributed by atoms with Gasteiger partial charge in [-0.05, 0) is 6.92 Å². The third-order valence-corrected chi connectivity index (χ3v) is 2.95. The second-order valence-corrected chi connectivity index (χ2v) is 4.82. The largest absolute Gasteiger partial charge is 0.463 e. The van der Waals surface area contributed by atoms with Gasteiger partial charge in [0.05, 0.1) is 6.10 Å². The van der Waals surface area contributed by atoms with Crippen LogP contribution in [0.1, 0.15) is 27.7 Å². The molecule has 0 bridgehead atoms. The van der Waals surface area contributed by atoms with Crippen LogP contribution in [-0.2, 0) is 33.3 Å². The third-order valence-electron chi connectivity index (χ3n) is 2.95. The van der Waals surface area contributed by atoms with Gasteiger partial charge in [-0.2, -0.15) is 0 Å². The van der Waals surface area contributed by atoms with Crippen LogP contribution in [0.5, 0.6) is 0 Å². The molecule has 5 unspecified atom stereocenters. The molecule has 0 amide bonds. The molecule has 0 aromatic heterocycles. The summed E-state index contributed by atoms with van der Waals surface area (Å²) < 4.78 is 20.4. The van der Waals surface area contributed by atoms with Gasteiger partial charge >= 0.3 is 17.9 Å². The van der Waals surface area contributed by atoms with E-state index >= 15 is 0 Å². The molecule has 5 atom stereocenters. The summed E-state index contributed by atoms with van der Waals surface area (Å²) in [7, 11) is 0. The Bertz CT molecular complexity index is 405. The molecule has 8 heteroatoms. The Hall–Kier alpha value is -1.67. The van der Waals surface area contributed by atoms with Gasteiger partial charge in [0.15, 0.2) is 12.2 Å². The molecule has 0 aliphatic carbocycles. The standard InChI is InChI=1S/C13H20O8/c1-6-12(20-8(3)15)11(17)13(21-9(4)16)10(19-6)5-18-7(2)14/h6,10-13,17H,5H2,1-4H3. The first kappa shape index (κ1) is 17.4. The zero-order valence-electron chi connectivity index (χ0n) is 12.4. The lowest BCUT2D eigenvalue weighted by atomic mass is 9.95. The van der Waals surface area contributed by atoms with E-state index in [4.69, 9.17) is 18.9 Å². The Morgan fingerprint density at radius 2 is 1.52 bits per heavy atom. The molecule has 1 fully saturated rings. The van der Waals surface area contributed by atoms with Gasteiger partial charge in [-0.25, -0.2) is 0 Å². The predicted octanol–water partition coefficient (Wildman–Crippen LogP) is -0.439. The summed E-state index contributed by atoms with van der Waals surface area (Å²) in [4.78, 5) is 33.1. The molecule has 0 saturated carbocycles. The molecular formula is C13H20O8. The lowest BCUT2D eigenvalue weighted by Gasteiger charge is -2.42. The maximum absolute atomic E-state index is 11.1. The van der Waals surface area contributed by atoms with E-state index in [-0.39, 0.29) is 6.61 Å². The first-order chi connectivity index (χ1) is 9.72. The second-order valence-electron chi connectivity index (χ2n) is 4.82. The Labute approximate surface area is 122 Å². The maximum atomic E-state index is 11.1. The number of rotatable bonds is 4. The van der Waals surface area contributed by atoms with Gasteiger partial charge in [0.25, 0.3) is 0 Å². The summed E-state index contributed by atoms with van der Waals surface area (Å²) in [5.74, 6) is -1.74. The second kappa shape index (κ2) is 7.37. The topological polar surface area (TPSA) is 108 Å². The minimum Gasteiger partial charge on any atom is -0.463 e. The van der Waals surface area contributed by atoms with E-state index in [2.05, 4.69) is 0 Å². The zero-order chi connectivity index (χ0) is 16.2. The smallest absolute Gasteiger partial charge is 0.303 e. The number of esters is 3. The van der Waals surface area contributed by atoms with Crippen LogP contribution in [0.25, 0.3) is 0 Å². The van der Waals surface area contributed by atoms with Gasteiger partial charge in [0.2, 0.25) is 0 Å². The van der Waals surface area contributed by atoms with Gasteiger partial charge in [0, 0.05) is 20.8 Å². The third kappa shape index (κ3) is 4.98. The molecule has 0 spiro atoms. The highest BCUT2D eigenvalue weighted by atomic mass is 16.6. The van der Waals surface area contributed by atoms with Crippen LogP contribution in [0.3, 0.4) is 0 Å². The number of aliphatic hydroxyl groups excluding tert-OH is 1. The Balaban J connectivity index is 2.86. The van der Waals surface area contributed by atoms with Gasteiger partial charge in [-0.1, -0.05) is 0 Å². The van der Waals surface area contributed by atoms with Crippen LogP contribution in [-0.4, -0.2) is 60.1 Å². The molecule has 1 aliphatic heterocycles. The summed E-state index contributed by atoms with van der Waals surface area (Å²) in [6, 6.07) is 0. The van der Waals surface area contributed by atoms with Crippen molar-refractivity contribution in [2.45, 2.75) is 58.2 Å².